The molecule has 0 amide bonds. The van der Waals surface area contributed by atoms with Crippen LogP contribution in [-0.2, 0) is 0 Å². The van der Waals surface area contributed by atoms with Crippen molar-refractivity contribution in [2.75, 3.05) is 5.32 Å². The van der Waals surface area contributed by atoms with Crippen molar-refractivity contribution < 1.29 is 4.74 Å². The van der Waals surface area contributed by atoms with Gasteiger partial charge in [-0.05, 0) is 35.7 Å². The van der Waals surface area contributed by atoms with E-state index in [9.17, 15) is 0 Å². The van der Waals surface area contributed by atoms with Gasteiger partial charge in [-0.3, -0.25) is 4.98 Å². The fourth-order valence-electron chi connectivity index (χ4n) is 3.81. The van der Waals surface area contributed by atoms with Crippen molar-refractivity contribution in [1.82, 2.24) is 15.2 Å². The molecule has 1 N–H and O–H groups in total. The first-order valence-corrected chi connectivity index (χ1v) is 11.4. The smallest absolute Gasteiger partial charge is 0.161 e. The maximum Gasteiger partial charge on any atom is 0.161 e. The highest BCUT2D eigenvalue weighted by molar-refractivity contribution is 7.17. The topological polar surface area (TPSA) is 59.9 Å². The second-order valence-electron chi connectivity index (χ2n) is 7.50. The molecule has 0 bridgehead atoms. The van der Waals surface area contributed by atoms with Gasteiger partial charge in [0.15, 0.2) is 5.82 Å². The molecule has 0 aliphatic heterocycles. The van der Waals surface area contributed by atoms with Crippen LogP contribution < -0.4 is 10.1 Å². The SMILES string of the molecule is c1ccc(-c2nnc(Nc3ccc(Oc4ccnc5ccsc45)cc3)c3ccccc23)cc1. The first kappa shape index (κ1) is 19.4. The average molecular weight is 447 g/mol. The molecule has 0 spiro atoms. The number of nitrogens with zero attached hydrogens (tertiary/aromatic N) is 3. The van der Waals surface area contributed by atoms with E-state index in [1.54, 1.807) is 17.5 Å². The van der Waals surface area contributed by atoms with Crippen LogP contribution in [0.2, 0.25) is 0 Å². The number of aromatic nitrogens is 3. The molecule has 6 heteroatoms. The molecule has 0 fully saturated rings. The second-order valence-corrected chi connectivity index (χ2v) is 8.42. The molecular weight excluding hydrogens is 428 g/mol. The average Bonchev–Trinajstić information content (AvgIpc) is 3.36. The van der Waals surface area contributed by atoms with Crippen LogP contribution >= 0.6 is 11.3 Å². The normalized spacial score (nSPS) is 11.0. The third kappa shape index (κ3) is 3.77. The van der Waals surface area contributed by atoms with E-state index in [2.05, 4.69) is 44.8 Å². The number of hydrogen-bond donors (Lipinski definition) is 1. The molecule has 0 radical (unpaired) electrons. The van der Waals surface area contributed by atoms with E-state index in [0.717, 1.165) is 49.4 Å². The maximum atomic E-state index is 6.10. The van der Waals surface area contributed by atoms with Crippen LogP contribution in [-0.4, -0.2) is 15.2 Å². The summed E-state index contributed by atoms with van der Waals surface area (Å²) in [6.45, 7) is 0. The molecule has 0 aliphatic rings. The van der Waals surface area contributed by atoms with Crippen molar-refractivity contribution >= 4 is 43.8 Å². The Morgan fingerprint density at radius 3 is 2.36 bits per heavy atom. The Labute approximate surface area is 194 Å². The van der Waals surface area contributed by atoms with Gasteiger partial charge in [-0.15, -0.1) is 21.5 Å². The zero-order valence-corrected chi connectivity index (χ0v) is 18.3. The van der Waals surface area contributed by atoms with Crippen molar-refractivity contribution in [1.29, 1.82) is 0 Å². The molecule has 33 heavy (non-hydrogen) atoms. The monoisotopic (exact) mass is 446 g/mol. The predicted molar refractivity (Wildman–Crippen MR) is 134 cm³/mol. The van der Waals surface area contributed by atoms with Gasteiger partial charge in [0.05, 0.1) is 10.2 Å². The van der Waals surface area contributed by atoms with Gasteiger partial charge in [-0.2, -0.15) is 0 Å². The van der Waals surface area contributed by atoms with Gasteiger partial charge < -0.3 is 10.1 Å². The van der Waals surface area contributed by atoms with E-state index in [4.69, 9.17) is 4.74 Å². The van der Waals surface area contributed by atoms with Crippen LogP contribution in [0.3, 0.4) is 0 Å². The molecule has 6 aromatic rings. The van der Waals surface area contributed by atoms with Crippen molar-refractivity contribution in [3.05, 3.63) is 103 Å². The summed E-state index contributed by atoms with van der Waals surface area (Å²) in [5.41, 5.74) is 3.77. The number of pyridine rings is 1. The molecule has 0 aliphatic carbocycles. The minimum absolute atomic E-state index is 0.716. The quantitative estimate of drug-likeness (QED) is 0.298. The zero-order chi connectivity index (χ0) is 22.0. The first-order valence-electron chi connectivity index (χ1n) is 10.5. The predicted octanol–water partition coefficient (Wildman–Crippen LogP) is 7.44. The van der Waals surface area contributed by atoms with Crippen molar-refractivity contribution in [2.24, 2.45) is 0 Å². The largest absolute Gasteiger partial charge is 0.456 e. The molecule has 0 saturated carbocycles. The van der Waals surface area contributed by atoms with Crippen molar-refractivity contribution in [3.63, 3.8) is 0 Å². The van der Waals surface area contributed by atoms with Crippen molar-refractivity contribution in [2.45, 2.75) is 0 Å². The Kier molecular flexibility index (Phi) is 4.90. The zero-order valence-electron chi connectivity index (χ0n) is 17.5. The number of fused-ring (bicyclic) bond motifs is 2. The van der Waals surface area contributed by atoms with Crippen molar-refractivity contribution in [3.8, 4) is 22.8 Å². The van der Waals surface area contributed by atoms with Crippen LogP contribution in [0.1, 0.15) is 0 Å². The molecule has 3 heterocycles. The Hall–Kier alpha value is -4.29. The van der Waals surface area contributed by atoms with E-state index in [1.807, 2.05) is 72.1 Å². The lowest BCUT2D eigenvalue weighted by atomic mass is 10.0. The van der Waals surface area contributed by atoms with Crippen LogP contribution in [0.15, 0.2) is 103 Å². The second kappa shape index (κ2) is 8.33. The summed E-state index contributed by atoms with van der Waals surface area (Å²) in [4.78, 5) is 4.36. The molecule has 0 unspecified atom stereocenters. The number of hydrogen-bond acceptors (Lipinski definition) is 6. The van der Waals surface area contributed by atoms with E-state index < -0.39 is 0 Å². The highest BCUT2D eigenvalue weighted by atomic mass is 32.1. The highest BCUT2D eigenvalue weighted by Crippen LogP contribution is 2.34. The van der Waals surface area contributed by atoms with Crippen LogP contribution in [0.5, 0.6) is 11.5 Å². The highest BCUT2D eigenvalue weighted by Gasteiger charge is 2.11. The molecule has 0 atom stereocenters. The minimum atomic E-state index is 0.716. The number of benzene rings is 3. The standard InChI is InChI=1S/C27H18N4OS/c1-2-6-18(7-3-1)25-21-8-4-5-9-22(21)27(31-30-25)29-19-10-12-20(13-11-19)32-24-14-16-28-23-15-17-33-26(23)24/h1-17H,(H,29,31). The van der Waals surface area contributed by atoms with Gasteiger partial charge >= 0.3 is 0 Å². The Balaban J connectivity index is 1.28. The fourth-order valence-corrected chi connectivity index (χ4v) is 4.61. The lowest BCUT2D eigenvalue weighted by Crippen LogP contribution is -1.99. The summed E-state index contributed by atoms with van der Waals surface area (Å²) in [5.74, 6) is 2.29. The summed E-state index contributed by atoms with van der Waals surface area (Å²) in [6.07, 6.45) is 1.77. The van der Waals surface area contributed by atoms with Gasteiger partial charge in [-0.1, -0.05) is 54.6 Å². The van der Waals surface area contributed by atoms with Crippen LogP contribution in [0.25, 0.3) is 32.2 Å². The fraction of sp³-hybridized carbons (Fsp3) is 0. The Morgan fingerprint density at radius 2 is 1.52 bits per heavy atom. The van der Waals surface area contributed by atoms with Gasteiger partial charge in [0.2, 0.25) is 0 Å². The summed E-state index contributed by atoms with van der Waals surface area (Å²) >= 11 is 1.62. The molecule has 5 nitrogen and oxygen atoms in total. The summed E-state index contributed by atoms with van der Waals surface area (Å²) in [6, 6.07) is 30.0. The van der Waals surface area contributed by atoms with Crippen LogP contribution in [0, 0.1) is 0 Å². The number of nitrogens with one attached hydrogen (secondary N) is 1. The number of rotatable bonds is 5. The Bertz CT molecular complexity index is 1560. The van der Waals surface area contributed by atoms with Crippen LogP contribution in [0.4, 0.5) is 11.5 Å². The summed E-state index contributed by atoms with van der Waals surface area (Å²) in [7, 11) is 0. The maximum absolute atomic E-state index is 6.10. The molecule has 3 aromatic heterocycles. The van der Waals surface area contributed by atoms with Gasteiger partial charge in [0, 0.05) is 34.3 Å². The molecular formula is C27H18N4OS. The van der Waals surface area contributed by atoms with Gasteiger partial charge in [0.25, 0.3) is 0 Å². The lowest BCUT2D eigenvalue weighted by molar-refractivity contribution is 0.489. The molecule has 3 aromatic carbocycles. The molecule has 6 rings (SSSR count). The first-order chi connectivity index (χ1) is 16.3. The number of thiophene rings is 1. The summed E-state index contributed by atoms with van der Waals surface area (Å²) in [5, 5.41) is 16.5. The lowest BCUT2D eigenvalue weighted by Gasteiger charge is -2.12. The minimum Gasteiger partial charge on any atom is -0.456 e. The van der Waals surface area contributed by atoms with E-state index in [-0.39, 0.29) is 0 Å². The summed E-state index contributed by atoms with van der Waals surface area (Å²) < 4.78 is 7.15. The van der Waals surface area contributed by atoms with Gasteiger partial charge in [0.1, 0.15) is 17.2 Å². The molecule has 0 saturated heterocycles. The third-order valence-electron chi connectivity index (χ3n) is 5.39. The molecule has 158 valence electrons. The van der Waals surface area contributed by atoms with E-state index >= 15 is 0 Å². The van der Waals surface area contributed by atoms with Gasteiger partial charge in [-0.25, -0.2) is 0 Å². The number of anilines is 2. The Morgan fingerprint density at radius 1 is 0.727 bits per heavy atom. The van der Waals surface area contributed by atoms with E-state index in [0.29, 0.717) is 5.82 Å². The van der Waals surface area contributed by atoms with E-state index in [1.165, 1.54) is 0 Å². The third-order valence-corrected chi connectivity index (χ3v) is 6.31. The number of ether oxygens (including phenoxy) is 1.